The van der Waals surface area contributed by atoms with Crippen LogP contribution in [0.1, 0.15) is 12.5 Å². The van der Waals surface area contributed by atoms with Gasteiger partial charge in [0.25, 0.3) is 0 Å². The van der Waals surface area contributed by atoms with Crippen molar-refractivity contribution < 1.29 is 4.74 Å². The number of aromatic nitrogens is 1. The Morgan fingerprint density at radius 3 is 2.42 bits per heavy atom. The summed E-state index contributed by atoms with van der Waals surface area (Å²) in [6.45, 7) is 3.46. The second-order valence-corrected chi connectivity index (χ2v) is 3.67. The Labute approximate surface area is 126 Å². The lowest BCUT2D eigenvalue weighted by Gasteiger charge is -2.07. The third kappa shape index (κ3) is 5.81. The fourth-order valence-electron chi connectivity index (χ4n) is 1.54. The van der Waals surface area contributed by atoms with Crippen molar-refractivity contribution >= 4 is 30.5 Å². The average molecular weight is 301 g/mol. The molecule has 3 nitrogen and oxygen atoms in total. The highest BCUT2D eigenvalue weighted by Crippen LogP contribution is 2.16. The van der Waals surface area contributed by atoms with Crippen LogP contribution in [0.3, 0.4) is 0 Å². The summed E-state index contributed by atoms with van der Waals surface area (Å²) in [5.74, 6) is 0.902. The molecule has 0 amide bonds. The number of hydrogen-bond donors (Lipinski definition) is 1. The Hall–Kier alpha value is -1.45. The van der Waals surface area contributed by atoms with Crippen LogP contribution in [0.25, 0.3) is 0 Å². The minimum absolute atomic E-state index is 0. The zero-order chi connectivity index (χ0) is 11.9. The normalized spacial score (nSPS) is 8.89. The van der Waals surface area contributed by atoms with Gasteiger partial charge in [-0.25, -0.2) is 0 Å². The van der Waals surface area contributed by atoms with E-state index in [1.54, 1.807) is 6.20 Å². The summed E-state index contributed by atoms with van der Waals surface area (Å²) >= 11 is 0. The van der Waals surface area contributed by atoms with E-state index >= 15 is 0 Å². The van der Waals surface area contributed by atoms with Crippen molar-refractivity contribution in [1.82, 2.24) is 4.98 Å². The van der Waals surface area contributed by atoms with E-state index in [0.29, 0.717) is 6.61 Å². The van der Waals surface area contributed by atoms with E-state index in [-0.39, 0.29) is 24.8 Å². The maximum atomic E-state index is 5.39. The lowest BCUT2D eigenvalue weighted by atomic mass is 10.2. The highest BCUT2D eigenvalue weighted by atomic mass is 35.5. The van der Waals surface area contributed by atoms with Crippen LogP contribution >= 0.6 is 24.8 Å². The van der Waals surface area contributed by atoms with Crippen molar-refractivity contribution in [2.45, 2.75) is 13.5 Å². The highest BCUT2D eigenvalue weighted by molar-refractivity contribution is 5.85. The van der Waals surface area contributed by atoms with E-state index in [9.17, 15) is 0 Å². The zero-order valence-electron chi connectivity index (χ0n) is 10.7. The number of nitrogens with one attached hydrogen (secondary N) is 1. The Morgan fingerprint density at radius 1 is 1.11 bits per heavy atom. The molecule has 0 saturated carbocycles. The SMILES string of the molecule is CCOc1ccc(NCc2cccnc2)cc1.Cl.Cl. The van der Waals surface area contributed by atoms with Gasteiger partial charge < -0.3 is 10.1 Å². The molecule has 1 heterocycles. The van der Waals surface area contributed by atoms with Crippen molar-refractivity contribution in [2.75, 3.05) is 11.9 Å². The average Bonchev–Trinajstić information content (AvgIpc) is 2.40. The number of halogens is 2. The molecule has 0 unspecified atom stereocenters. The summed E-state index contributed by atoms with van der Waals surface area (Å²) in [5, 5.41) is 3.33. The molecule has 2 aromatic rings. The van der Waals surface area contributed by atoms with Crippen LogP contribution in [0.2, 0.25) is 0 Å². The van der Waals surface area contributed by atoms with Gasteiger partial charge in [0.2, 0.25) is 0 Å². The number of ether oxygens (including phenoxy) is 1. The van der Waals surface area contributed by atoms with Gasteiger partial charge in [-0.3, -0.25) is 4.98 Å². The summed E-state index contributed by atoms with van der Waals surface area (Å²) in [5.41, 5.74) is 2.25. The molecule has 1 N–H and O–H groups in total. The Kier molecular flexibility index (Phi) is 8.75. The van der Waals surface area contributed by atoms with Crippen LogP contribution in [0.4, 0.5) is 5.69 Å². The molecule has 0 fully saturated rings. The Balaban J connectivity index is 0.00000162. The number of benzene rings is 1. The monoisotopic (exact) mass is 300 g/mol. The van der Waals surface area contributed by atoms with Gasteiger partial charge in [0, 0.05) is 24.6 Å². The summed E-state index contributed by atoms with van der Waals surface area (Å²) in [6, 6.07) is 12.0. The van der Waals surface area contributed by atoms with Gasteiger partial charge in [0.1, 0.15) is 5.75 Å². The van der Waals surface area contributed by atoms with Crippen molar-refractivity contribution in [3.63, 3.8) is 0 Å². The molecule has 1 aromatic heterocycles. The second kappa shape index (κ2) is 9.48. The zero-order valence-corrected chi connectivity index (χ0v) is 12.3. The van der Waals surface area contributed by atoms with Crippen LogP contribution in [0, 0.1) is 0 Å². The van der Waals surface area contributed by atoms with Crippen molar-refractivity contribution in [3.05, 3.63) is 54.4 Å². The molecule has 2 rings (SSSR count). The van der Waals surface area contributed by atoms with Crippen LogP contribution in [-0.4, -0.2) is 11.6 Å². The van der Waals surface area contributed by atoms with E-state index in [4.69, 9.17) is 4.74 Å². The fourth-order valence-corrected chi connectivity index (χ4v) is 1.54. The van der Waals surface area contributed by atoms with Crippen LogP contribution < -0.4 is 10.1 Å². The number of nitrogens with zero attached hydrogens (tertiary/aromatic N) is 1. The van der Waals surface area contributed by atoms with Crippen molar-refractivity contribution in [1.29, 1.82) is 0 Å². The molecule has 19 heavy (non-hydrogen) atoms. The predicted molar refractivity (Wildman–Crippen MR) is 83.7 cm³/mol. The van der Waals surface area contributed by atoms with Gasteiger partial charge in [-0.1, -0.05) is 6.07 Å². The van der Waals surface area contributed by atoms with Crippen molar-refractivity contribution in [3.8, 4) is 5.75 Å². The Bertz CT molecular complexity index is 449. The quantitative estimate of drug-likeness (QED) is 0.908. The van der Waals surface area contributed by atoms with E-state index in [2.05, 4.69) is 16.4 Å². The van der Waals surface area contributed by atoms with Gasteiger partial charge in [-0.2, -0.15) is 0 Å². The maximum Gasteiger partial charge on any atom is 0.119 e. The minimum atomic E-state index is 0. The van der Waals surface area contributed by atoms with Gasteiger partial charge in [0.15, 0.2) is 0 Å². The Morgan fingerprint density at radius 2 is 1.84 bits per heavy atom. The van der Waals surface area contributed by atoms with E-state index < -0.39 is 0 Å². The smallest absolute Gasteiger partial charge is 0.119 e. The third-order valence-corrected chi connectivity index (χ3v) is 2.38. The molecular formula is C14H18Cl2N2O. The van der Waals surface area contributed by atoms with Crippen LogP contribution in [0.15, 0.2) is 48.8 Å². The molecule has 0 spiro atoms. The summed E-state index contributed by atoms with van der Waals surface area (Å²) in [6.07, 6.45) is 3.64. The fraction of sp³-hybridized carbons (Fsp3) is 0.214. The van der Waals surface area contributed by atoms with Crippen LogP contribution in [0.5, 0.6) is 5.75 Å². The number of pyridine rings is 1. The molecule has 1 aromatic carbocycles. The number of anilines is 1. The predicted octanol–water partition coefficient (Wildman–Crippen LogP) is 3.94. The lowest BCUT2D eigenvalue weighted by molar-refractivity contribution is 0.340. The molecule has 0 aliphatic carbocycles. The summed E-state index contributed by atoms with van der Waals surface area (Å²) < 4.78 is 5.39. The van der Waals surface area contributed by atoms with E-state index in [1.165, 1.54) is 5.56 Å². The summed E-state index contributed by atoms with van der Waals surface area (Å²) in [7, 11) is 0. The molecular weight excluding hydrogens is 283 g/mol. The minimum Gasteiger partial charge on any atom is -0.494 e. The standard InChI is InChI=1S/C14H16N2O.2ClH/c1-2-17-14-7-5-13(6-8-14)16-11-12-4-3-9-15-10-12;;/h3-10,16H,2,11H2,1H3;2*1H. The first kappa shape index (κ1) is 17.6. The van der Waals surface area contributed by atoms with E-state index in [1.807, 2.05) is 43.5 Å². The maximum absolute atomic E-state index is 5.39. The van der Waals surface area contributed by atoms with Crippen LogP contribution in [-0.2, 0) is 6.54 Å². The third-order valence-electron chi connectivity index (χ3n) is 2.38. The molecule has 0 aliphatic rings. The number of hydrogen-bond acceptors (Lipinski definition) is 3. The van der Waals surface area contributed by atoms with Gasteiger partial charge in [-0.15, -0.1) is 24.8 Å². The van der Waals surface area contributed by atoms with E-state index in [0.717, 1.165) is 18.0 Å². The van der Waals surface area contributed by atoms with Gasteiger partial charge >= 0.3 is 0 Å². The molecule has 0 saturated heterocycles. The largest absolute Gasteiger partial charge is 0.494 e. The summed E-state index contributed by atoms with van der Waals surface area (Å²) in [4.78, 5) is 4.08. The molecule has 104 valence electrons. The van der Waals surface area contributed by atoms with Gasteiger partial charge in [0.05, 0.1) is 6.61 Å². The molecule has 0 bridgehead atoms. The second-order valence-electron chi connectivity index (χ2n) is 3.67. The molecule has 0 atom stereocenters. The van der Waals surface area contributed by atoms with Crippen molar-refractivity contribution in [2.24, 2.45) is 0 Å². The molecule has 0 radical (unpaired) electrons. The first-order valence-electron chi connectivity index (χ1n) is 5.74. The first-order valence-corrected chi connectivity index (χ1v) is 5.74. The highest BCUT2D eigenvalue weighted by Gasteiger charge is 1.95. The lowest BCUT2D eigenvalue weighted by Crippen LogP contribution is -1.99. The number of rotatable bonds is 5. The molecule has 5 heteroatoms. The topological polar surface area (TPSA) is 34.1 Å². The first-order chi connectivity index (χ1) is 8.38. The molecule has 0 aliphatic heterocycles. The van der Waals surface area contributed by atoms with Gasteiger partial charge in [-0.05, 0) is 42.8 Å².